The van der Waals surface area contributed by atoms with Crippen molar-refractivity contribution in [1.82, 2.24) is 5.32 Å². The molecule has 3 aliphatic carbocycles. The van der Waals surface area contributed by atoms with Gasteiger partial charge in [-0.3, -0.25) is 10.1 Å². The van der Waals surface area contributed by atoms with Crippen molar-refractivity contribution in [3.8, 4) is 0 Å². The molecule has 3 aliphatic rings. The maximum absolute atomic E-state index is 14.3. The van der Waals surface area contributed by atoms with Gasteiger partial charge in [0.1, 0.15) is 35.4 Å². The lowest BCUT2D eigenvalue weighted by atomic mass is 9.87. The number of aliphatic hydroxyl groups is 2. The Morgan fingerprint density at radius 1 is 1.24 bits per heavy atom. The molecule has 0 bridgehead atoms. The van der Waals surface area contributed by atoms with Gasteiger partial charge in [-0.1, -0.05) is 12.2 Å². The summed E-state index contributed by atoms with van der Waals surface area (Å²) in [5.41, 5.74) is -1.25. The van der Waals surface area contributed by atoms with Crippen LogP contribution < -0.4 is 5.32 Å². The summed E-state index contributed by atoms with van der Waals surface area (Å²) in [7, 11) is 0. The van der Waals surface area contributed by atoms with Crippen LogP contribution in [0.25, 0.3) is 0 Å². The van der Waals surface area contributed by atoms with Gasteiger partial charge in [-0.05, 0) is 74.7 Å². The molecular weight excluding hydrogens is 383 g/mol. The van der Waals surface area contributed by atoms with Crippen LogP contribution in [0.5, 0.6) is 0 Å². The molecule has 0 spiro atoms. The Bertz CT molecular complexity index is 773. The molecule has 0 amide bonds. The molecule has 4 nitrogen and oxygen atoms in total. The molecule has 1 fully saturated rings. The Morgan fingerprint density at radius 2 is 1.93 bits per heavy atom. The Morgan fingerprint density at radius 3 is 2.69 bits per heavy atom. The Labute approximate surface area is 168 Å². The van der Waals surface area contributed by atoms with Crippen LogP contribution in [0.15, 0.2) is 47.1 Å². The highest BCUT2D eigenvalue weighted by atomic mass is 19.1. The monoisotopic (exact) mass is 411 g/mol. The summed E-state index contributed by atoms with van der Waals surface area (Å²) in [6, 6.07) is 0. The number of hydrogen-bond acceptors (Lipinski definition) is 4. The van der Waals surface area contributed by atoms with Crippen LogP contribution >= 0.6 is 0 Å². The second-order valence-corrected chi connectivity index (χ2v) is 8.22. The predicted molar refractivity (Wildman–Crippen MR) is 104 cm³/mol. The minimum atomic E-state index is -1.84. The Balaban J connectivity index is 1.59. The van der Waals surface area contributed by atoms with Crippen LogP contribution in [-0.4, -0.2) is 40.5 Å². The van der Waals surface area contributed by atoms with Crippen molar-refractivity contribution >= 4 is 5.78 Å². The van der Waals surface area contributed by atoms with Crippen molar-refractivity contribution in [2.45, 2.75) is 63.4 Å². The molecule has 29 heavy (non-hydrogen) atoms. The van der Waals surface area contributed by atoms with E-state index in [2.05, 4.69) is 11.4 Å². The number of rotatable bonds is 6. The average molecular weight is 411 g/mol. The summed E-state index contributed by atoms with van der Waals surface area (Å²) >= 11 is 0. The summed E-state index contributed by atoms with van der Waals surface area (Å²) in [5, 5.41) is 23.8. The second kappa shape index (κ2) is 8.98. The molecule has 0 radical (unpaired) electrons. The molecule has 160 valence electrons. The summed E-state index contributed by atoms with van der Waals surface area (Å²) < 4.78 is 41.9. The molecule has 3 N–H and O–H groups in total. The van der Waals surface area contributed by atoms with Crippen LogP contribution in [0, 0.1) is 11.8 Å². The van der Waals surface area contributed by atoms with Crippen LogP contribution in [0.2, 0.25) is 0 Å². The highest BCUT2D eigenvalue weighted by Crippen LogP contribution is 2.50. The quantitative estimate of drug-likeness (QED) is 0.460. The van der Waals surface area contributed by atoms with Gasteiger partial charge in [-0.15, -0.1) is 0 Å². The van der Waals surface area contributed by atoms with Gasteiger partial charge in [0.25, 0.3) is 0 Å². The predicted octanol–water partition coefficient (Wildman–Crippen LogP) is 3.73. The first-order chi connectivity index (χ1) is 13.7. The van der Waals surface area contributed by atoms with E-state index in [1.54, 1.807) is 0 Å². The number of allylic oxidation sites excluding steroid dienone is 8. The van der Waals surface area contributed by atoms with Gasteiger partial charge in [-0.2, -0.15) is 0 Å². The molecule has 0 aromatic heterocycles. The molecule has 0 aliphatic heterocycles. The SMILES string of the molecule is CC1=C([C@H]2CC2C(=O)CNC(O)[C@@]2(O)CC/C=C/CCC2)C(F)=CC(F)C=C1F. The van der Waals surface area contributed by atoms with Gasteiger partial charge in [0.15, 0.2) is 0 Å². The fourth-order valence-corrected chi connectivity index (χ4v) is 4.19. The van der Waals surface area contributed by atoms with E-state index in [9.17, 15) is 28.2 Å². The number of carbonyl (C=O) groups excluding carboxylic acids is 1. The first kappa shape index (κ1) is 22.0. The van der Waals surface area contributed by atoms with E-state index >= 15 is 0 Å². The normalized spacial score (nSPS) is 35.0. The lowest BCUT2D eigenvalue weighted by molar-refractivity contribution is -0.124. The van der Waals surface area contributed by atoms with Crippen molar-refractivity contribution in [3.63, 3.8) is 0 Å². The molecule has 0 aromatic rings. The molecule has 5 atom stereocenters. The van der Waals surface area contributed by atoms with E-state index in [0.717, 1.165) is 12.8 Å². The number of halogens is 3. The summed E-state index contributed by atoms with van der Waals surface area (Å²) in [5.74, 6) is -2.91. The number of Topliss-reactive ketones (excluding diaryl/α,β-unsaturated/α-hetero) is 1. The summed E-state index contributed by atoms with van der Waals surface area (Å²) in [6.07, 6.45) is 5.72. The van der Waals surface area contributed by atoms with Crippen molar-refractivity contribution < 1.29 is 28.2 Å². The number of hydrogen-bond donors (Lipinski definition) is 3. The zero-order chi connectivity index (χ0) is 21.2. The second-order valence-electron chi connectivity index (χ2n) is 8.22. The molecule has 3 unspecified atom stereocenters. The van der Waals surface area contributed by atoms with Gasteiger partial charge < -0.3 is 10.2 Å². The largest absolute Gasteiger partial charge is 0.386 e. The van der Waals surface area contributed by atoms with Gasteiger partial charge >= 0.3 is 0 Å². The first-order valence-electron chi connectivity index (χ1n) is 10.1. The topological polar surface area (TPSA) is 69.6 Å². The summed E-state index contributed by atoms with van der Waals surface area (Å²) in [4.78, 5) is 12.5. The number of carbonyl (C=O) groups is 1. The molecule has 1 saturated carbocycles. The van der Waals surface area contributed by atoms with Crippen molar-refractivity contribution in [2.75, 3.05) is 6.54 Å². The molecule has 0 aromatic carbocycles. The van der Waals surface area contributed by atoms with Gasteiger partial charge in [-0.25, -0.2) is 13.2 Å². The van der Waals surface area contributed by atoms with E-state index in [4.69, 9.17) is 0 Å². The minimum absolute atomic E-state index is 0.0177. The molecule has 3 rings (SSSR count). The van der Waals surface area contributed by atoms with E-state index in [1.807, 2.05) is 6.08 Å². The number of ketones is 1. The lowest BCUT2D eigenvalue weighted by Gasteiger charge is -2.34. The lowest BCUT2D eigenvalue weighted by Crippen LogP contribution is -2.52. The molecule has 0 heterocycles. The van der Waals surface area contributed by atoms with Crippen molar-refractivity contribution in [2.24, 2.45) is 11.8 Å². The Hall–Kier alpha value is -1.70. The highest BCUT2D eigenvalue weighted by molar-refractivity contribution is 5.86. The van der Waals surface area contributed by atoms with Crippen molar-refractivity contribution in [3.05, 3.63) is 47.1 Å². The molecule has 0 saturated heterocycles. The highest BCUT2D eigenvalue weighted by Gasteiger charge is 2.47. The first-order valence-corrected chi connectivity index (χ1v) is 10.1. The zero-order valence-corrected chi connectivity index (χ0v) is 16.5. The van der Waals surface area contributed by atoms with Crippen molar-refractivity contribution in [1.29, 1.82) is 0 Å². The van der Waals surface area contributed by atoms with Gasteiger partial charge in [0.05, 0.1) is 6.54 Å². The number of alkyl halides is 1. The number of nitrogens with one attached hydrogen (secondary N) is 1. The smallest absolute Gasteiger partial charge is 0.150 e. The van der Waals surface area contributed by atoms with Crippen LogP contribution in [0.3, 0.4) is 0 Å². The fourth-order valence-electron chi connectivity index (χ4n) is 4.19. The van der Waals surface area contributed by atoms with E-state index in [-0.39, 0.29) is 23.5 Å². The van der Waals surface area contributed by atoms with E-state index in [1.165, 1.54) is 6.92 Å². The van der Waals surface area contributed by atoms with Gasteiger partial charge in [0, 0.05) is 5.92 Å². The zero-order valence-electron chi connectivity index (χ0n) is 16.5. The van der Waals surface area contributed by atoms with Crippen LogP contribution in [0.1, 0.15) is 45.4 Å². The fraction of sp³-hybridized carbons (Fsp3) is 0.591. The number of aliphatic hydroxyl groups excluding tert-OH is 1. The average Bonchev–Trinajstić information content (AvgIpc) is 3.43. The maximum Gasteiger partial charge on any atom is 0.150 e. The summed E-state index contributed by atoms with van der Waals surface area (Å²) in [6.45, 7) is 1.20. The van der Waals surface area contributed by atoms with Crippen LogP contribution in [0.4, 0.5) is 13.2 Å². The van der Waals surface area contributed by atoms with E-state index < -0.39 is 41.5 Å². The maximum atomic E-state index is 14.3. The molecule has 7 heteroatoms. The minimum Gasteiger partial charge on any atom is -0.386 e. The third-order valence-electron chi connectivity index (χ3n) is 6.08. The van der Waals surface area contributed by atoms with Crippen LogP contribution in [-0.2, 0) is 4.79 Å². The third-order valence-corrected chi connectivity index (χ3v) is 6.08. The molecular formula is C22H28F3NO3. The van der Waals surface area contributed by atoms with Gasteiger partial charge in [0.2, 0.25) is 0 Å². The van der Waals surface area contributed by atoms with E-state index in [0.29, 0.717) is 37.8 Å². The standard InChI is InChI=1S/C22H28F3NO3/c1-13-17(24)9-14(23)10-18(25)20(13)16-11-15(16)19(27)12-26-21(28)22(29)7-5-3-2-4-6-8-22/h2-3,9-10,14-16,21,26,28-29H,4-8,11-12H2,1H3/b3-2+/t14?,15?,16-,21?,22+/m0/s1. The third kappa shape index (κ3) is 5.08. The Kier molecular flexibility index (Phi) is 6.81.